The van der Waals surface area contributed by atoms with E-state index >= 15 is 0 Å². The monoisotopic (exact) mass is 253 g/mol. The van der Waals surface area contributed by atoms with Crippen LogP contribution in [0.3, 0.4) is 0 Å². The summed E-state index contributed by atoms with van der Waals surface area (Å²) in [7, 11) is 0. The zero-order valence-electron chi connectivity index (χ0n) is 12.1. The van der Waals surface area contributed by atoms with Crippen molar-refractivity contribution < 1.29 is 0 Å². The zero-order chi connectivity index (χ0) is 12.6. The van der Waals surface area contributed by atoms with Crippen molar-refractivity contribution in [2.24, 2.45) is 5.92 Å². The van der Waals surface area contributed by atoms with Crippen LogP contribution < -0.4 is 10.6 Å². The van der Waals surface area contributed by atoms with E-state index in [1.807, 2.05) is 0 Å². The molecule has 0 aromatic heterocycles. The summed E-state index contributed by atoms with van der Waals surface area (Å²) in [6.45, 7) is 9.95. The Morgan fingerprint density at radius 1 is 1.11 bits per heavy atom. The van der Waals surface area contributed by atoms with Gasteiger partial charge in [-0.3, -0.25) is 0 Å². The molecule has 2 fully saturated rings. The van der Waals surface area contributed by atoms with Gasteiger partial charge in [0.25, 0.3) is 0 Å². The molecule has 1 unspecified atom stereocenters. The fraction of sp³-hybridized carbons (Fsp3) is 1.00. The molecule has 0 aromatic carbocycles. The summed E-state index contributed by atoms with van der Waals surface area (Å²) in [5, 5.41) is 7.22. The highest BCUT2D eigenvalue weighted by molar-refractivity contribution is 4.73. The van der Waals surface area contributed by atoms with Crippen LogP contribution in [0.2, 0.25) is 0 Å². The van der Waals surface area contributed by atoms with E-state index < -0.39 is 0 Å². The van der Waals surface area contributed by atoms with Crippen molar-refractivity contribution in [3.63, 3.8) is 0 Å². The van der Waals surface area contributed by atoms with Crippen LogP contribution in [-0.4, -0.2) is 50.2 Å². The molecule has 2 aliphatic rings. The lowest BCUT2D eigenvalue weighted by Crippen LogP contribution is -2.36. The Morgan fingerprint density at radius 2 is 1.94 bits per heavy atom. The first kappa shape index (κ1) is 14.3. The minimum Gasteiger partial charge on any atom is -0.317 e. The summed E-state index contributed by atoms with van der Waals surface area (Å²) in [5.74, 6) is 0.956. The van der Waals surface area contributed by atoms with E-state index in [1.54, 1.807) is 0 Å². The highest BCUT2D eigenvalue weighted by Gasteiger charge is 2.15. The maximum atomic E-state index is 3.74. The molecular weight excluding hydrogens is 222 g/mol. The minimum atomic E-state index is 0.765. The van der Waals surface area contributed by atoms with Crippen LogP contribution in [0, 0.1) is 5.92 Å². The zero-order valence-corrected chi connectivity index (χ0v) is 12.1. The standard InChI is InChI=1S/C15H31N3/c1-14-6-12-18(13-7-14)11-3-9-17-15-4-2-8-16-10-5-15/h14-17H,2-13H2,1H3. The van der Waals surface area contributed by atoms with Gasteiger partial charge in [0, 0.05) is 6.04 Å². The Morgan fingerprint density at radius 3 is 2.78 bits per heavy atom. The van der Waals surface area contributed by atoms with E-state index in [0.29, 0.717) is 0 Å². The van der Waals surface area contributed by atoms with Gasteiger partial charge in [0.2, 0.25) is 0 Å². The SMILES string of the molecule is CC1CCN(CCCNC2CCCNCC2)CC1. The number of rotatable bonds is 5. The third kappa shape index (κ3) is 5.25. The molecule has 0 bridgehead atoms. The molecule has 0 saturated carbocycles. The summed E-state index contributed by atoms with van der Waals surface area (Å²) < 4.78 is 0. The Hall–Kier alpha value is -0.120. The largest absolute Gasteiger partial charge is 0.317 e. The number of piperidine rings is 1. The molecule has 2 N–H and O–H groups in total. The summed E-state index contributed by atoms with van der Waals surface area (Å²) in [5.41, 5.74) is 0. The lowest BCUT2D eigenvalue weighted by molar-refractivity contribution is 0.189. The number of hydrogen-bond acceptors (Lipinski definition) is 3. The van der Waals surface area contributed by atoms with E-state index in [0.717, 1.165) is 12.0 Å². The van der Waals surface area contributed by atoms with Gasteiger partial charge in [-0.1, -0.05) is 6.92 Å². The molecular formula is C15H31N3. The van der Waals surface area contributed by atoms with Gasteiger partial charge in [-0.25, -0.2) is 0 Å². The first-order valence-electron chi connectivity index (χ1n) is 8.01. The van der Waals surface area contributed by atoms with Crippen LogP contribution in [-0.2, 0) is 0 Å². The normalized spacial score (nSPS) is 28.2. The molecule has 1 atom stereocenters. The van der Waals surface area contributed by atoms with E-state index in [9.17, 15) is 0 Å². The third-order valence-electron chi connectivity index (χ3n) is 4.54. The van der Waals surface area contributed by atoms with Crippen molar-refractivity contribution in [1.82, 2.24) is 15.5 Å². The molecule has 0 amide bonds. The maximum Gasteiger partial charge on any atom is 0.00796 e. The highest BCUT2D eigenvalue weighted by Crippen LogP contribution is 2.15. The van der Waals surface area contributed by atoms with Crippen molar-refractivity contribution in [3.8, 4) is 0 Å². The molecule has 18 heavy (non-hydrogen) atoms. The smallest absolute Gasteiger partial charge is 0.00796 e. The number of nitrogens with zero attached hydrogens (tertiary/aromatic N) is 1. The summed E-state index contributed by atoms with van der Waals surface area (Å²) in [6, 6.07) is 0.765. The molecule has 2 rings (SSSR count). The Labute approximate surface area is 113 Å². The average molecular weight is 253 g/mol. The fourth-order valence-corrected chi connectivity index (χ4v) is 3.12. The Bertz CT molecular complexity index is 204. The van der Waals surface area contributed by atoms with Crippen LogP contribution in [0.5, 0.6) is 0 Å². The second-order valence-electron chi connectivity index (χ2n) is 6.21. The number of hydrogen-bond donors (Lipinski definition) is 2. The molecule has 2 heterocycles. The summed E-state index contributed by atoms with van der Waals surface area (Å²) in [6.07, 6.45) is 8.12. The van der Waals surface area contributed by atoms with Gasteiger partial charge >= 0.3 is 0 Å². The van der Waals surface area contributed by atoms with E-state index in [-0.39, 0.29) is 0 Å². The van der Waals surface area contributed by atoms with Crippen molar-refractivity contribution in [3.05, 3.63) is 0 Å². The number of likely N-dealkylation sites (tertiary alicyclic amines) is 1. The maximum absolute atomic E-state index is 3.74. The van der Waals surface area contributed by atoms with E-state index in [1.165, 1.54) is 77.8 Å². The highest BCUT2D eigenvalue weighted by atomic mass is 15.1. The van der Waals surface area contributed by atoms with Gasteiger partial charge in [0.15, 0.2) is 0 Å². The van der Waals surface area contributed by atoms with Crippen LogP contribution in [0.4, 0.5) is 0 Å². The molecule has 0 spiro atoms. The molecule has 3 nitrogen and oxygen atoms in total. The summed E-state index contributed by atoms with van der Waals surface area (Å²) in [4.78, 5) is 2.65. The summed E-state index contributed by atoms with van der Waals surface area (Å²) >= 11 is 0. The first-order valence-corrected chi connectivity index (χ1v) is 8.01. The predicted molar refractivity (Wildman–Crippen MR) is 78.0 cm³/mol. The first-order chi connectivity index (χ1) is 8.84. The molecule has 2 saturated heterocycles. The predicted octanol–water partition coefficient (Wildman–Crippen LogP) is 1.84. The lowest BCUT2D eigenvalue weighted by Gasteiger charge is -2.30. The van der Waals surface area contributed by atoms with Crippen LogP contribution >= 0.6 is 0 Å². The lowest BCUT2D eigenvalue weighted by atomic mass is 9.99. The molecule has 0 aliphatic carbocycles. The van der Waals surface area contributed by atoms with Crippen molar-refractivity contribution in [1.29, 1.82) is 0 Å². The van der Waals surface area contributed by atoms with Crippen molar-refractivity contribution in [2.45, 2.75) is 51.5 Å². The molecule has 0 aromatic rings. The van der Waals surface area contributed by atoms with Crippen molar-refractivity contribution >= 4 is 0 Å². The second kappa shape index (κ2) is 8.13. The quantitative estimate of drug-likeness (QED) is 0.732. The van der Waals surface area contributed by atoms with Crippen LogP contribution in [0.1, 0.15) is 45.4 Å². The van der Waals surface area contributed by atoms with E-state index in [4.69, 9.17) is 0 Å². The number of nitrogens with one attached hydrogen (secondary N) is 2. The van der Waals surface area contributed by atoms with E-state index in [2.05, 4.69) is 22.5 Å². The molecule has 2 aliphatic heterocycles. The average Bonchev–Trinajstić information content (AvgIpc) is 2.65. The Balaban J connectivity index is 1.50. The minimum absolute atomic E-state index is 0.765. The van der Waals surface area contributed by atoms with Gasteiger partial charge in [-0.2, -0.15) is 0 Å². The Kier molecular flexibility index (Phi) is 6.46. The van der Waals surface area contributed by atoms with Crippen LogP contribution in [0.15, 0.2) is 0 Å². The van der Waals surface area contributed by atoms with Crippen molar-refractivity contribution in [2.75, 3.05) is 39.3 Å². The molecule has 3 heteroatoms. The fourth-order valence-electron chi connectivity index (χ4n) is 3.12. The van der Waals surface area contributed by atoms with Gasteiger partial charge < -0.3 is 15.5 Å². The molecule has 106 valence electrons. The van der Waals surface area contributed by atoms with Gasteiger partial charge in [0.05, 0.1) is 0 Å². The third-order valence-corrected chi connectivity index (χ3v) is 4.54. The van der Waals surface area contributed by atoms with Crippen LogP contribution in [0.25, 0.3) is 0 Å². The molecule has 0 radical (unpaired) electrons. The second-order valence-corrected chi connectivity index (χ2v) is 6.21. The topological polar surface area (TPSA) is 27.3 Å². The van der Waals surface area contributed by atoms with Gasteiger partial charge in [-0.05, 0) is 83.7 Å². The van der Waals surface area contributed by atoms with Gasteiger partial charge in [-0.15, -0.1) is 0 Å². The van der Waals surface area contributed by atoms with Gasteiger partial charge in [0.1, 0.15) is 0 Å².